The van der Waals surface area contributed by atoms with Crippen molar-refractivity contribution in [3.05, 3.63) is 47.6 Å². The van der Waals surface area contributed by atoms with E-state index in [1.54, 1.807) is 6.07 Å². The zero-order chi connectivity index (χ0) is 16.5. The van der Waals surface area contributed by atoms with E-state index in [2.05, 4.69) is 27.3 Å². The minimum atomic E-state index is -0.131. The van der Waals surface area contributed by atoms with Crippen LogP contribution in [0.4, 0.5) is 0 Å². The van der Waals surface area contributed by atoms with Crippen molar-refractivity contribution in [2.75, 3.05) is 13.1 Å². The predicted octanol–water partition coefficient (Wildman–Crippen LogP) is 2.20. The van der Waals surface area contributed by atoms with Crippen molar-refractivity contribution in [1.82, 2.24) is 20.4 Å². The number of hydrogen-bond acceptors (Lipinski definition) is 5. The number of pyridine rings is 1. The Hall–Kier alpha value is -2.21. The quantitative estimate of drug-likeness (QED) is 0.912. The van der Waals surface area contributed by atoms with Crippen LogP contribution in [0.1, 0.15) is 47.5 Å². The number of carbonyl (C=O) groups excluding carboxylic acids is 1. The fourth-order valence-corrected chi connectivity index (χ4v) is 3.33. The van der Waals surface area contributed by atoms with E-state index in [9.17, 15) is 4.79 Å². The number of carbonyl (C=O) groups is 1. The van der Waals surface area contributed by atoms with Gasteiger partial charge in [-0.3, -0.25) is 14.7 Å². The Morgan fingerprint density at radius 1 is 1.33 bits per heavy atom. The second kappa shape index (κ2) is 6.36. The molecular formula is C18H22N4O2. The summed E-state index contributed by atoms with van der Waals surface area (Å²) in [6.45, 7) is 4.88. The minimum Gasteiger partial charge on any atom is -0.360 e. The van der Waals surface area contributed by atoms with Crippen LogP contribution in [0.5, 0.6) is 0 Å². The van der Waals surface area contributed by atoms with Crippen molar-refractivity contribution in [3.63, 3.8) is 0 Å². The van der Waals surface area contributed by atoms with Gasteiger partial charge in [-0.25, -0.2) is 0 Å². The first-order chi connectivity index (χ1) is 11.7. The number of nitrogens with zero attached hydrogens (tertiary/aromatic N) is 3. The summed E-state index contributed by atoms with van der Waals surface area (Å²) < 4.78 is 5.27. The standard InChI is InChI=1S/C18H22N4O2/c1-12-9-22(10-13-4-6-19-7-5-13)11-16(12)20-18(23)15-8-17(24-21-15)14-2-3-14/h4-8,12,14,16H,2-3,9-11H2,1H3,(H,20,23). The summed E-state index contributed by atoms with van der Waals surface area (Å²) >= 11 is 0. The van der Waals surface area contributed by atoms with Crippen LogP contribution in [-0.4, -0.2) is 40.1 Å². The maximum absolute atomic E-state index is 12.4. The molecule has 24 heavy (non-hydrogen) atoms. The molecule has 6 heteroatoms. The number of amides is 1. The predicted molar refractivity (Wildman–Crippen MR) is 88.4 cm³/mol. The SMILES string of the molecule is CC1CN(Cc2ccncc2)CC1NC(=O)c1cc(C2CC2)on1. The highest BCUT2D eigenvalue weighted by molar-refractivity contribution is 5.92. The molecule has 126 valence electrons. The molecule has 2 atom stereocenters. The van der Waals surface area contributed by atoms with Gasteiger partial charge in [0.1, 0.15) is 5.76 Å². The Bertz CT molecular complexity index is 711. The van der Waals surface area contributed by atoms with Crippen molar-refractivity contribution in [2.24, 2.45) is 5.92 Å². The lowest BCUT2D eigenvalue weighted by Gasteiger charge is -2.16. The maximum atomic E-state index is 12.4. The molecule has 1 aliphatic heterocycles. The Labute approximate surface area is 141 Å². The van der Waals surface area contributed by atoms with E-state index >= 15 is 0 Å². The molecule has 0 spiro atoms. The summed E-state index contributed by atoms with van der Waals surface area (Å²) in [4.78, 5) is 18.8. The average molecular weight is 326 g/mol. The molecule has 2 aromatic heterocycles. The molecule has 1 amide bonds. The molecule has 6 nitrogen and oxygen atoms in total. The summed E-state index contributed by atoms with van der Waals surface area (Å²) in [5, 5.41) is 7.04. The molecule has 1 saturated heterocycles. The Kier molecular flexibility index (Phi) is 4.06. The van der Waals surface area contributed by atoms with Gasteiger partial charge in [0.15, 0.2) is 5.69 Å². The van der Waals surface area contributed by atoms with Gasteiger partial charge < -0.3 is 9.84 Å². The van der Waals surface area contributed by atoms with Gasteiger partial charge in [-0.05, 0) is 36.5 Å². The molecule has 2 aliphatic rings. The van der Waals surface area contributed by atoms with Gasteiger partial charge in [0.2, 0.25) is 0 Å². The lowest BCUT2D eigenvalue weighted by molar-refractivity contribution is 0.0922. The van der Waals surface area contributed by atoms with Gasteiger partial charge in [-0.2, -0.15) is 0 Å². The van der Waals surface area contributed by atoms with Crippen molar-refractivity contribution in [3.8, 4) is 0 Å². The van der Waals surface area contributed by atoms with Gasteiger partial charge in [-0.15, -0.1) is 0 Å². The first kappa shape index (κ1) is 15.3. The fourth-order valence-electron chi connectivity index (χ4n) is 3.33. The third kappa shape index (κ3) is 3.33. The zero-order valence-electron chi connectivity index (χ0n) is 13.8. The van der Waals surface area contributed by atoms with E-state index in [4.69, 9.17) is 4.52 Å². The van der Waals surface area contributed by atoms with E-state index in [0.717, 1.165) is 38.2 Å². The summed E-state index contributed by atoms with van der Waals surface area (Å²) in [6, 6.07) is 6.00. The fraction of sp³-hybridized carbons (Fsp3) is 0.500. The smallest absolute Gasteiger partial charge is 0.273 e. The zero-order valence-corrected chi connectivity index (χ0v) is 13.8. The average Bonchev–Trinajstić information content (AvgIpc) is 3.21. The second-order valence-electron chi connectivity index (χ2n) is 7.00. The topological polar surface area (TPSA) is 71.3 Å². The van der Waals surface area contributed by atoms with E-state index < -0.39 is 0 Å². The molecule has 2 aromatic rings. The highest BCUT2D eigenvalue weighted by Crippen LogP contribution is 2.40. The van der Waals surface area contributed by atoms with E-state index in [-0.39, 0.29) is 11.9 Å². The van der Waals surface area contributed by atoms with Crippen LogP contribution in [0.2, 0.25) is 0 Å². The highest BCUT2D eigenvalue weighted by atomic mass is 16.5. The van der Waals surface area contributed by atoms with Crippen molar-refractivity contribution >= 4 is 5.91 Å². The molecule has 1 N–H and O–H groups in total. The van der Waals surface area contributed by atoms with Crippen molar-refractivity contribution in [2.45, 2.75) is 38.3 Å². The van der Waals surface area contributed by atoms with Crippen LogP contribution in [0, 0.1) is 5.92 Å². The number of nitrogens with one attached hydrogen (secondary N) is 1. The summed E-state index contributed by atoms with van der Waals surface area (Å²) in [6.07, 6.45) is 5.91. The number of aromatic nitrogens is 2. The van der Waals surface area contributed by atoms with E-state index in [0.29, 0.717) is 17.5 Å². The molecule has 1 aliphatic carbocycles. The van der Waals surface area contributed by atoms with Crippen LogP contribution in [0.3, 0.4) is 0 Å². The number of likely N-dealkylation sites (tertiary alicyclic amines) is 1. The van der Waals surface area contributed by atoms with Crippen molar-refractivity contribution in [1.29, 1.82) is 0 Å². The molecular weight excluding hydrogens is 304 g/mol. The number of rotatable bonds is 5. The molecule has 0 aromatic carbocycles. The summed E-state index contributed by atoms with van der Waals surface area (Å²) in [5.41, 5.74) is 1.64. The Balaban J connectivity index is 1.34. The highest BCUT2D eigenvalue weighted by Gasteiger charge is 2.32. The van der Waals surface area contributed by atoms with Gasteiger partial charge in [0, 0.05) is 50.1 Å². The summed E-state index contributed by atoms with van der Waals surface area (Å²) in [7, 11) is 0. The molecule has 2 unspecified atom stereocenters. The monoisotopic (exact) mass is 326 g/mol. The van der Waals surface area contributed by atoms with Crippen molar-refractivity contribution < 1.29 is 9.32 Å². The second-order valence-corrected chi connectivity index (χ2v) is 7.00. The number of hydrogen-bond donors (Lipinski definition) is 1. The van der Waals surface area contributed by atoms with Gasteiger partial charge in [0.05, 0.1) is 0 Å². The molecule has 0 bridgehead atoms. The first-order valence-corrected chi connectivity index (χ1v) is 8.58. The van der Waals surface area contributed by atoms with Crippen LogP contribution in [0.25, 0.3) is 0 Å². The molecule has 0 radical (unpaired) electrons. The van der Waals surface area contributed by atoms with Gasteiger partial charge >= 0.3 is 0 Å². The third-order valence-corrected chi connectivity index (χ3v) is 4.90. The largest absolute Gasteiger partial charge is 0.360 e. The van der Waals surface area contributed by atoms with Gasteiger partial charge in [-0.1, -0.05) is 12.1 Å². The lowest BCUT2D eigenvalue weighted by atomic mass is 10.1. The van der Waals surface area contributed by atoms with Crippen LogP contribution >= 0.6 is 0 Å². The molecule has 4 rings (SSSR count). The third-order valence-electron chi connectivity index (χ3n) is 4.90. The van der Waals surface area contributed by atoms with E-state index in [1.807, 2.05) is 24.5 Å². The summed E-state index contributed by atoms with van der Waals surface area (Å²) in [5.74, 6) is 1.60. The first-order valence-electron chi connectivity index (χ1n) is 8.58. The Morgan fingerprint density at radius 2 is 2.12 bits per heavy atom. The van der Waals surface area contributed by atoms with Crippen LogP contribution < -0.4 is 5.32 Å². The molecule has 2 fully saturated rings. The van der Waals surface area contributed by atoms with E-state index in [1.165, 1.54) is 5.56 Å². The molecule has 1 saturated carbocycles. The molecule has 3 heterocycles. The van der Waals surface area contributed by atoms with Crippen LogP contribution in [0.15, 0.2) is 35.1 Å². The minimum absolute atomic E-state index is 0.131. The van der Waals surface area contributed by atoms with Gasteiger partial charge in [0.25, 0.3) is 5.91 Å². The Morgan fingerprint density at radius 3 is 2.88 bits per heavy atom. The lowest BCUT2D eigenvalue weighted by Crippen LogP contribution is -2.39. The normalized spacial score (nSPS) is 24.2. The van der Waals surface area contributed by atoms with Crippen LogP contribution in [-0.2, 0) is 6.54 Å². The maximum Gasteiger partial charge on any atom is 0.273 e.